The molecule has 2 nitrogen and oxygen atoms in total. The van der Waals surface area contributed by atoms with Gasteiger partial charge in [0.05, 0.1) is 0 Å². The Morgan fingerprint density at radius 2 is 2.08 bits per heavy atom. The third-order valence-electron chi connectivity index (χ3n) is 1.50. The van der Waals surface area contributed by atoms with Crippen LogP contribution in [-0.4, -0.2) is 12.8 Å². The standard InChI is InChI=1S/C10H13NO/c1-2-11-12-9-8-10-6-4-3-5-7-10/h2-7H,8-9H2,1H3/b11-2-. The molecule has 1 aromatic rings. The molecule has 0 saturated carbocycles. The van der Waals surface area contributed by atoms with Crippen LogP contribution in [0.4, 0.5) is 0 Å². The van der Waals surface area contributed by atoms with Gasteiger partial charge >= 0.3 is 0 Å². The van der Waals surface area contributed by atoms with Crippen molar-refractivity contribution >= 4 is 6.21 Å². The predicted molar refractivity (Wildman–Crippen MR) is 50.3 cm³/mol. The van der Waals surface area contributed by atoms with Crippen molar-refractivity contribution < 1.29 is 4.84 Å². The first kappa shape index (κ1) is 8.78. The van der Waals surface area contributed by atoms with Crippen molar-refractivity contribution in [3.63, 3.8) is 0 Å². The van der Waals surface area contributed by atoms with Crippen LogP contribution < -0.4 is 0 Å². The van der Waals surface area contributed by atoms with E-state index in [1.807, 2.05) is 25.1 Å². The van der Waals surface area contributed by atoms with E-state index in [-0.39, 0.29) is 0 Å². The molecule has 0 fully saturated rings. The highest BCUT2D eigenvalue weighted by molar-refractivity contribution is 5.52. The van der Waals surface area contributed by atoms with Crippen molar-refractivity contribution in [1.29, 1.82) is 0 Å². The summed E-state index contributed by atoms with van der Waals surface area (Å²) < 4.78 is 0. The molecule has 12 heavy (non-hydrogen) atoms. The van der Waals surface area contributed by atoms with Crippen molar-refractivity contribution in [2.45, 2.75) is 13.3 Å². The summed E-state index contributed by atoms with van der Waals surface area (Å²) >= 11 is 0. The van der Waals surface area contributed by atoms with Gasteiger partial charge in [-0.15, -0.1) is 0 Å². The normalized spacial score (nSPS) is 10.4. The van der Waals surface area contributed by atoms with Gasteiger partial charge in [0.15, 0.2) is 0 Å². The number of hydrogen-bond donors (Lipinski definition) is 0. The van der Waals surface area contributed by atoms with E-state index in [9.17, 15) is 0 Å². The molecule has 0 spiro atoms. The second kappa shape index (κ2) is 5.35. The minimum absolute atomic E-state index is 0.647. The Kier molecular flexibility index (Phi) is 3.92. The van der Waals surface area contributed by atoms with Gasteiger partial charge in [-0.05, 0) is 12.5 Å². The van der Waals surface area contributed by atoms with Crippen LogP contribution in [0.2, 0.25) is 0 Å². The Bertz CT molecular complexity index is 231. The minimum Gasteiger partial charge on any atom is -0.396 e. The lowest BCUT2D eigenvalue weighted by molar-refractivity contribution is 0.149. The lowest BCUT2D eigenvalue weighted by Gasteiger charge is -1.98. The fourth-order valence-electron chi connectivity index (χ4n) is 0.935. The van der Waals surface area contributed by atoms with E-state index in [1.54, 1.807) is 6.21 Å². The molecule has 0 radical (unpaired) electrons. The number of oxime groups is 1. The zero-order chi connectivity index (χ0) is 8.65. The third kappa shape index (κ3) is 3.19. The zero-order valence-corrected chi connectivity index (χ0v) is 7.23. The van der Waals surface area contributed by atoms with E-state index < -0.39 is 0 Å². The maximum absolute atomic E-state index is 4.96. The molecule has 1 rings (SSSR count). The van der Waals surface area contributed by atoms with Gasteiger partial charge in [0, 0.05) is 12.6 Å². The Labute approximate surface area is 72.9 Å². The van der Waals surface area contributed by atoms with Gasteiger partial charge in [-0.25, -0.2) is 0 Å². The Balaban J connectivity index is 2.24. The summed E-state index contributed by atoms with van der Waals surface area (Å²) in [7, 11) is 0. The van der Waals surface area contributed by atoms with Crippen LogP contribution in [0.15, 0.2) is 35.5 Å². The monoisotopic (exact) mass is 163 g/mol. The smallest absolute Gasteiger partial charge is 0.121 e. The molecule has 0 N–H and O–H groups in total. The molecule has 0 heterocycles. The molecule has 0 aliphatic rings. The van der Waals surface area contributed by atoms with Gasteiger partial charge in [0.1, 0.15) is 6.61 Å². The third-order valence-corrected chi connectivity index (χ3v) is 1.50. The second-order valence-electron chi connectivity index (χ2n) is 2.43. The fraction of sp³-hybridized carbons (Fsp3) is 0.300. The van der Waals surface area contributed by atoms with Gasteiger partial charge in [-0.1, -0.05) is 35.5 Å². The van der Waals surface area contributed by atoms with E-state index in [0.717, 1.165) is 6.42 Å². The van der Waals surface area contributed by atoms with Crippen molar-refractivity contribution in [1.82, 2.24) is 0 Å². The first-order valence-corrected chi connectivity index (χ1v) is 4.07. The lowest BCUT2D eigenvalue weighted by atomic mass is 10.2. The minimum atomic E-state index is 0.647. The second-order valence-corrected chi connectivity index (χ2v) is 2.43. The van der Waals surface area contributed by atoms with Gasteiger partial charge < -0.3 is 4.84 Å². The summed E-state index contributed by atoms with van der Waals surface area (Å²) in [5.74, 6) is 0. The Morgan fingerprint density at radius 1 is 1.33 bits per heavy atom. The molecule has 0 unspecified atom stereocenters. The van der Waals surface area contributed by atoms with Crippen molar-refractivity contribution in [3.8, 4) is 0 Å². The fourth-order valence-corrected chi connectivity index (χ4v) is 0.935. The van der Waals surface area contributed by atoms with Crippen LogP contribution >= 0.6 is 0 Å². The van der Waals surface area contributed by atoms with Gasteiger partial charge in [-0.3, -0.25) is 0 Å². The topological polar surface area (TPSA) is 21.6 Å². The molecule has 0 aliphatic heterocycles. The van der Waals surface area contributed by atoms with Gasteiger partial charge in [-0.2, -0.15) is 0 Å². The van der Waals surface area contributed by atoms with Crippen LogP contribution in [-0.2, 0) is 11.3 Å². The van der Waals surface area contributed by atoms with Gasteiger partial charge in [0.2, 0.25) is 0 Å². The van der Waals surface area contributed by atoms with E-state index in [1.165, 1.54) is 5.56 Å². The summed E-state index contributed by atoms with van der Waals surface area (Å²) in [5, 5.41) is 3.66. The molecule has 0 saturated heterocycles. The van der Waals surface area contributed by atoms with Crippen molar-refractivity contribution in [3.05, 3.63) is 35.9 Å². The van der Waals surface area contributed by atoms with Crippen molar-refractivity contribution in [2.24, 2.45) is 5.16 Å². The molecule has 0 atom stereocenters. The summed E-state index contributed by atoms with van der Waals surface area (Å²) in [5.41, 5.74) is 1.28. The van der Waals surface area contributed by atoms with E-state index in [4.69, 9.17) is 4.84 Å². The summed E-state index contributed by atoms with van der Waals surface area (Å²) in [6.07, 6.45) is 2.56. The molecule has 2 heteroatoms. The van der Waals surface area contributed by atoms with Crippen LogP contribution in [0.3, 0.4) is 0 Å². The highest BCUT2D eigenvalue weighted by Crippen LogP contribution is 1.99. The lowest BCUT2D eigenvalue weighted by Crippen LogP contribution is -1.93. The van der Waals surface area contributed by atoms with Crippen LogP contribution in [0.5, 0.6) is 0 Å². The molecule has 0 aliphatic carbocycles. The number of rotatable bonds is 4. The van der Waals surface area contributed by atoms with Crippen molar-refractivity contribution in [2.75, 3.05) is 6.61 Å². The average molecular weight is 163 g/mol. The SMILES string of the molecule is C/C=N\OCCc1ccccc1. The molecular formula is C10H13NO. The highest BCUT2D eigenvalue weighted by atomic mass is 16.6. The summed E-state index contributed by atoms with van der Waals surface area (Å²) in [6.45, 7) is 2.48. The summed E-state index contributed by atoms with van der Waals surface area (Å²) in [6, 6.07) is 10.2. The van der Waals surface area contributed by atoms with E-state index in [2.05, 4.69) is 17.3 Å². The largest absolute Gasteiger partial charge is 0.396 e. The number of hydrogen-bond acceptors (Lipinski definition) is 2. The maximum atomic E-state index is 4.96. The van der Waals surface area contributed by atoms with Crippen LogP contribution in [0.25, 0.3) is 0 Å². The zero-order valence-electron chi connectivity index (χ0n) is 7.23. The Morgan fingerprint density at radius 3 is 2.75 bits per heavy atom. The molecular weight excluding hydrogens is 150 g/mol. The first-order chi connectivity index (χ1) is 5.93. The number of benzene rings is 1. The van der Waals surface area contributed by atoms with Crippen LogP contribution in [0.1, 0.15) is 12.5 Å². The first-order valence-electron chi connectivity index (χ1n) is 4.07. The highest BCUT2D eigenvalue weighted by Gasteiger charge is 1.89. The van der Waals surface area contributed by atoms with E-state index >= 15 is 0 Å². The Hall–Kier alpha value is -1.31. The molecule has 0 aromatic heterocycles. The number of nitrogens with zero attached hydrogens (tertiary/aromatic N) is 1. The molecule has 0 amide bonds. The average Bonchev–Trinajstić information content (AvgIpc) is 2.14. The van der Waals surface area contributed by atoms with Crippen LogP contribution in [0, 0.1) is 0 Å². The quantitative estimate of drug-likeness (QED) is 0.379. The molecule has 1 aromatic carbocycles. The predicted octanol–water partition coefficient (Wildman–Crippen LogP) is 2.25. The maximum Gasteiger partial charge on any atom is 0.121 e. The van der Waals surface area contributed by atoms with E-state index in [0.29, 0.717) is 6.61 Å². The molecule has 0 bridgehead atoms. The molecule has 64 valence electrons. The summed E-state index contributed by atoms with van der Waals surface area (Å²) in [4.78, 5) is 4.96. The van der Waals surface area contributed by atoms with Gasteiger partial charge in [0.25, 0.3) is 0 Å².